The smallest absolute Gasteiger partial charge is 0.340 e. The lowest BCUT2D eigenvalue weighted by Crippen LogP contribution is -2.13. The summed E-state index contributed by atoms with van der Waals surface area (Å²) in [6.45, 7) is 2.97. The number of esters is 1. The van der Waals surface area contributed by atoms with Crippen molar-refractivity contribution >= 4 is 16.9 Å². The second-order valence-electron chi connectivity index (χ2n) is 10.6. The fourth-order valence-corrected chi connectivity index (χ4v) is 6.04. The highest BCUT2D eigenvalue weighted by Crippen LogP contribution is 2.36. The van der Waals surface area contributed by atoms with Crippen LogP contribution >= 0.6 is 0 Å². The third kappa shape index (κ3) is 5.80. The van der Waals surface area contributed by atoms with E-state index >= 15 is 0 Å². The predicted molar refractivity (Wildman–Crippen MR) is 171 cm³/mol. The van der Waals surface area contributed by atoms with Crippen LogP contribution in [0.3, 0.4) is 0 Å². The van der Waals surface area contributed by atoms with Crippen molar-refractivity contribution in [3.63, 3.8) is 0 Å². The van der Waals surface area contributed by atoms with Crippen LogP contribution in [0.2, 0.25) is 0 Å². The van der Waals surface area contributed by atoms with E-state index in [1.165, 1.54) is 22.1 Å². The lowest BCUT2D eigenvalue weighted by atomic mass is 9.96. The minimum Gasteiger partial charge on any atom is -0.462 e. The summed E-state index contributed by atoms with van der Waals surface area (Å²) in [5, 5.41) is 1.24. The quantitative estimate of drug-likeness (QED) is 0.164. The van der Waals surface area contributed by atoms with Crippen LogP contribution in [-0.2, 0) is 37.0 Å². The summed E-state index contributed by atoms with van der Waals surface area (Å²) in [5.41, 5.74) is 9.80. The highest BCUT2D eigenvalue weighted by Gasteiger charge is 2.29. The van der Waals surface area contributed by atoms with E-state index < -0.39 is 0 Å². The van der Waals surface area contributed by atoms with Crippen LogP contribution in [0.15, 0.2) is 121 Å². The number of benzene rings is 4. The van der Waals surface area contributed by atoms with Gasteiger partial charge < -0.3 is 14.3 Å². The standard InChI is InChI=1S/C38H36N2O2/c1-2-42-38(41)37-34(23-22-28-14-6-3-7-15-28)40(25-24-31-27-39-33-21-13-12-20-32(31)33)35(26-29-16-8-4-9-17-29)36(37)30-18-10-5-11-19-30/h3-21,27,39H,2,22-26H2,1H3. The van der Waals surface area contributed by atoms with Gasteiger partial charge in [0, 0.05) is 47.0 Å². The number of hydrogen-bond acceptors (Lipinski definition) is 2. The molecule has 4 aromatic carbocycles. The van der Waals surface area contributed by atoms with E-state index in [-0.39, 0.29) is 5.97 Å². The summed E-state index contributed by atoms with van der Waals surface area (Å²) in [4.78, 5) is 17.3. The number of aromatic nitrogens is 2. The Kier molecular flexibility index (Phi) is 8.32. The maximum Gasteiger partial charge on any atom is 0.340 e. The number of rotatable bonds is 11. The van der Waals surface area contributed by atoms with E-state index in [4.69, 9.17) is 4.74 Å². The van der Waals surface area contributed by atoms with Crippen molar-refractivity contribution in [2.24, 2.45) is 0 Å². The van der Waals surface area contributed by atoms with Crippen LogP contribution in [0.4, 0.5) is 0 Å². The number of aromatic amines is 1. The first-order chi connectivity index (χ1) is 20.7. The number of nitrogens with one attached hydrogen (secondary N) is 1. The summed E-state index contributed by atoms with van der Waals surface area (Å²) in [6.07, 6.45) is 5.26. The molecule has 0 saturated heterocycles. The Morgan fingerprint density at radius 2 is 1.36 bits per heavy atom. The molecular weight excluding hydrogens is 516 g/mol. The lowest BCUT2D eigenvalue weighted by molar-refractivity contribution is 0.0525. The van der Waals surface area contributed by atoms with Crippen molar-refractivity contribution in [2.75, 3.05) is 6.61 Å². The van der Waals surface area contributed by atoms with Gasteiger partial charge in [-0.05, 0) is 54.5 Å². The van der Waals surface area contributed by atoms with E-state index in [1.54, 1.807) is 0 Å². The first-order valence-corrected chi connectivity index (χ1v) is 14.8. The monoisotopic (exact) mass is 552 g/mol. The molecule has 2 heterocycles. The second-order valence-corrected chi connectivity index (χ2v) is 10.6. The molecule has 0 aliphatic rings. The minimum absolute atomic E-state index is 0.250. The van der Waals surface area contributed by atoms with Crippen molar-refractivity contribution in [2.45, 2.75) is 39.2 Å². The Labute approximate surface area is 247 Å². The van der Waals surface area contributed by atoms with Gasteiger partial charge in [-0.1, -0.05) is 109 Å². The molecule has 0 bridgehead atoms. The topological polar surface area (TPSA) is 47.0 Å². The van der Waals surface area contributed by atoms with Crippen LogP contribution in [0.1, 0.15) is 45.4 Å². The maximum atomic E-state index is 13.9. The molecule has 0 fully saturated rings. The van der Waals surface area contributed by atoms with Crippen molar-refractivity contribution < 1.29 is 9.53 Å². The van der Waals surface area contributed by atoms with Crippen LogP contribution in [0.25, 0.3) is 22.0 Å². The minimum atomic E-state index is -0.250. The molecule has 6 rings (SSSR count). The molecule has 0 saturated carbocycles. The Hall–Kier alpha value is -4.83. The predicted octanol–water partition coefficient (Wildman–Crippen LogP) is 8.43. The molecule has 0 spiro atoms. The van der Waals surface area contributed by atoms with Crippen molar-refractivity contribution in [3.05, 3.63) is 155 Å². The number of carbonyl (C=O) groups excluding carboxylic acids is 1. The van der Waals surface area contributed by atoms with Crippen LogP contribution in [-0.4, -0.2) is 22.1 Å². The molecule has 0 aliphatic heterocycles. The number of fused-ring (bicyclic) bond motifs is 1. The normalized spacial score (nSPS) is 11.2. The molecule has 0 unspecified atom stereocenters. The number of ether oxygens (including phenoxy) is 1. The average molecular weight is 553 g/mol. The molecule has 42 heavy (non-hydrogen) atoms. The largest absolute Gasteiger partial charge is 0.462 e. The highest BCUT2D eigenvalue weighted by atomic mass is 16.5. The van der Waals surface area contributed by atoms with E-state index in [1.807, 2.05) is 37.3 Å². The first kappa shape index (κ1) is 27.3. The Balaban J connectivity index is 1.53. The number of hydrogen-bond donors (Lipinski definition) is 1. The van der Waals surface area contributed by atoms with E-state index in [0.29, 0.717) is 12.2 Å². The molecule has 0 radical (unpaired) electrons. The number of aryl methyl sites for hydroxylation is 2. The molecule has 0 aliphatic carbocycles. The molecule has 2 aromatic heterocycles. The maximum absolute atomic E-state index is 13.9. The third-order valence-electron chi connectivity index (χ3n) is 8.01. The molecular formula is C38H36N2O2. The number of carbonyl (C=O) groups is 1. The molecule has 6 aromatic rings. The van der Waals surface area contributed by atoms with Gasteiger partial charge in [-0.2, -0.15) is 0 Å². The summed E-state index contributed by atoms with van der Waals surface area (Å²) in [7, 11) is 0. The van der Waals surface area contributed by atoms with Gasteiger partial charge in [0.05, 0.1) is 12.2 Å². The second kappa shape index (κ2) is 12.8. The summed E-state index contributed by atoms with van der Waals surface area (Å²) < 4.78 is 8.18. The van der Waals surface area contributed by atoms with Gasteiger partial charge in [0.1, 0.15) is 0 Å². The van der Waals surface area contributed by atoms with Gasteiger partial charge in [0.2, 0.25) is 0 Å². The van der Waals surface area contributed by atoms with Crippen LogP contribution < -0.4 is 0 Å². The number of H-pyrrole nitrogens is 1. The van der Waals surface area contributed by atoms with Gasteiger partial charge >= 0.3 is 5.97 Å². The first-order valence-electron chi connectivity index (χ1n) is 14.8. The molecule has 0 atom stereocenters. The van der Waals surface area contributed by atoms with Gasteiger partial charge in [0.15, 0.2) is 0 Å². The molecule has 0 amide bonds. The van der Waals surface area contributed by atoms with Gasteiger partial charge in [-0.25, -0.2) is 4.79 Å². The Morgan fingerprint density at radius 3 is 2.07 bits per heavy atom. The fourth-order valence-electron chi connectivity index (χ4n) is 6.04. The van der Waals surface area contributed by atoms with Crippen molar-refractivity contribution in [1.82, 2.24) is 9.55 Å². The fraction of sp³-hybridized carbons (Fsp3) is 0.184. The van der Waals surface area contributed by atoms with Gasteiger partial charge in [-0.15, -0.1) is 0 Å². The Bertz CT molecular complexity index is 1770. The van der Waals surface area contributed by atoms with E-state index in [2.05, 4.69) is 101 Å². The van der Waals surface area contributed by atoms with Crippen molar-refractivity contribution in [1.29, 1.82) is 0 Å². The van der Waals surface area contributed by atoms with Crippen LogP contribution in [0, 0.1) is 0 Å². The van der Waals surface area contributed by atoms with Gasteiger partial charge in [-0.3, -0.25) is 0 Å². The highest BCUT2D eigenvalue weighted by molar-refractivity contribution is 6.00. The van der Waals surface area contributed by atoms with Gasteiger partial charge in [0.25, 0.3) is 0 Å². The lowest BCUT2D eigenvalue weighted by Gasteiger charge is -2.15. The zero-order valence-corrected chi connectivity index (χ0v) is 24.1. The summed E-state index contributed by atoms with van der Waals surface area (Å²) in [6, 6.07) is 39.8. The number of para-hydroxylation sites is 1. The Morgan fingerprint density at radius 1 is 0.714 bits per heavy atom. The SMILES string of the molecule is CCOC(=O)c1c(-c2ccccc2)c(Cc2ccccc2)n(CCc2c[nH]c3ccccc23)c1CCc1ccccc1. The molecule has 210 valence electrons. The van der Waals surface area contributed by atoms with Crippen molar-refractivity contribution in [3.8, 4) is 11.1 Å². The molecule has 1 N–H and O–H groups in total. The van der Waals surface area contributed by atoms with E-state index in [0.717, 1.165) is 60.3 Å². The summed E-state index contributed by atoms with van der Waals surface area (Å²) in [5.74, 6) is -0.250. The average Bonchev–Trinajstić information content (AvgIpc) is 3.59. The molecule has 4 nitrogen and oxygen atoms in total. The number of nitrogens with zero attached hydrogens (tertiary/aromatic N) is 1. The zero-order valence-electron chi connectivity index (χ0n) is 24.1. The van der Waals surface area contributed by atoms with Crippen LogP contribution in [0.5, 0.6) is 0 Å². The zero-order chi connectivity index (χ0) is 28.7. The van der Waals surface area contributed by atoms with E-state index in [9.17, 15) is 4.79 Å². The third-order valence-corrected chi connectivity index (χ3v) is 8.01. The molecule has 4 heteroatoms. The summed E-state index contributed by atoms with van der Waals surface area (Å²) >= 11 is 0.